The molecule has 7 nitrogen and oxygen atoms in total. The lowest BCUT2D eigenvalue weighted by atomic mass is 9.89. The van der Waals surface area contributed by atoms with Gasteiger partial charge in [-0.25, -0.2) is 0 Å². The van der Waals surface area contributed by atoms with E-state index in [4.69, 9.17) is 15.2 Å². The first-order chi connectivity index (χ1) is 17.1. The monoisotopic (exact) mass is 471 g/mol. The number of carbonyl (C=O) groups excluding carboxylic acids is 2. The fourth-order valence-corrected chi connectivity index (χ4v) is 4.74. The normalized spacial score (nSPS) is 18.7. The van der Waals surface area contributed by atoms with Gasteiger partial charge in [0.1, 0.15) is 0 Å². The van der Waals surface area contributed by atoms with E-state index in [0.717, 1.165) is 31.2 Å². The van der Waals surface area contributed by atoms with Crippen LogP contribution in [0.1, 0.15) is 52.0 Å². The number of carbonyl (C=O) groups is 2. The van der Waals surface area contributed by atoms with E-state index in [9.17, 15) is 9.59 Å². The predicted molar refractivity (Wildman–Crippen MR) is 134 cm³/mol. The molecule has 1 heterocycles. The number of nitrogens with zero attached hydrogens (tertiary/aromatic N) is 1. The number of hydrogen-bond acceptors (Lipinski definition) is 5. The molecule has 5 rings (SSSR count). The minimum Gasteiger partial charge on any atom is -0.454 e. The standard InChI is InChI=1S/C28H29N3O4/c29-23-8-4-5-9-24(23)31(28(33)20-6-2-1-3-7-20)17-19-10-13-22(14-11-19)30-27(32)21-12-15-25-26(16-21)35-18-34-25/h1-3,6-7,10-16,23-24H,4-5,8-9,17-18,29H2,(H,30,32). The van der Waals surface area contributed by atoms with Crippen molar-refractivity contribution in [1.29, 1.82) is 0 Å². The molecule has 3 aromatic rings. The highest BCUT2D eigenvalue weighted by Gasteiger charge is 2.31. The summed E-state index contributed by atoms with van der Waals surface area (Å²) in [6.07, 6.45) is 4.00. The van der Waals surface area contributed by atoms with Crippen LogP contribution in [0.5, 0.6) is 11.5 Å². The van der Waals surface area contributed by atoms with Crippen molar-refractivity contribution >= 4 is 17.5 Å². The van der Waals surface area contributed by atoms with Crippen molar-refractivity contribution in [2.75, 3.05) is 12.1 Å². The van der Waals surface area contributed by atoms with Crippen LogP contribution >= 0.6 is 0 Å². The quantitative estimate of drug-likeness (QED) is 0.549. The van der Waals surface area contributed by atoms with E-state index in [1.165, 1.54) is 0 Å². The molecule has 1 aliphatic carbocycles. The van der Waals surface area contributed by atoms with E-state index >= 15 is 0 Å². The van der Waals surface area contributed by atoms with E-state index in [0.29, 0.717) is 34.9 Å². The van der Waals surface area contributed by atoms with Crippen LogP contribution in [-0.2, 0) is 6.54 Å². The van der Waals surface area contributed by atoms with Gasteiger partial charge in [-0.2, -0.15) is 0 Å². The van der Waals surface area contributed by atoms with Crippen molar-refractivity contribution in [3.8, 4) is 11.5 Å². The molecule has 35 heavy (non-hydrogen) atoms. The zero-order valence-electron chi connectivity index (χ0n) is 19.5. The molecule has 2 unspecified atom stereocenters. The second-order valence-corrected chi connectivity index (χ2v) is 9.03. The summed E-state index contributed by atoms with van der Waals surface area (Å²) in [4.78, 5) is 28.0. The zero-order valence-corrected chi connectivity index (χ0v) is 19.5. The van der Waals surface area contributed by atoms with E-state index in [2.05, 4.69) is 5.32 Å². The van der Waals surface area contributed by atoms with Gasteiger partial charge in [0.2, 0.25) is 6.79 Å². The molecule has 1 fully saturated rings. The number of benzene rings is 3. The van der Waals surface area contributed by atoms with Gasteiger partial charge in [0, 0.05) is 35.4 Å². The van der Waals surface area contributed by atoms with Crippen LogP contribution in [0.25, 0.3) is 0 Å². The molecule has 2 atom stereocenters. The average Bonchev–Trinajstić information content (AvgIpc) is 3.37. The molecule has 0 spiro atoms. The number of amides is 2. The van der Waals surface area contributed by atoms with E-state index < -0.39 is 0 Å². The third-order valence-corrected chi connectivity index (χ3v) is 6.66. The van der Waals surface area contributed by atoms with Crippen LogP contribution in [-0.4, -0.2) is 35.6 Å². The van der Waals surface area contributed by atoms with Crippen LogP contribution < -0.4 is 20.5 Å². The van der Waals surface area contributed by atoms with Gasteiger partial charge >= 0.3 is 0 Å². The van der Waals surface area contributed by atoms with Gasteiger partial charge in [0.15, 0.2) is 11.5 Å². The summed E-state index contributed by atoms with van der Waals surface area (Å²) in [7, 11) is 0. The summed E-state index contributed by atoms with van der Waals surface area (Å²) in [5, 5.41) is 2.91. The van der Waals surface area contributed by atoms with Crippen molar-refractivity contribution < 1.29 is 19.1 Å². The Morgan fingerprint density at radius 3 is 2.40 bits per heavy atom. The van der Waals surface area contributed by atoms with Gasteiger partial charge in [-0.05, 0) is 60.9 Å². The smallest absolute Gasteiger partial charge is 0.255 e. The maximum atomic E-state index is 13.4. The number of ether oxygens (including phenoxy) is 2. The summed E-state index contributed by atoms with van der Waals surface area (Å²) in [6, 6.07) is 22.0. The molecular formula is C28H29N3O4. The van der Waals surface area contributed by atoms with Gasteiger partial charge in [-0.15, -0.1) is 0 Å². The first-order valence-electron chi connectivity index (χ1n) is 12.0. The van der Waals surface area contributed by atoms with Crippen LogP contribution in [0.3, 0.4) is 0 Å². The van der Waals surface area contributed by atoms with Gasteiger partial charge in [0.25, 0.3) is 11.8 Å². The van der Waals surface area contributed by atoms with Gasteiger partial charge in [0.05, 0.1) is 0 Å². The molecule has 0 radical (unpaired) electrons. The first kappa shape index (κ1) is 22.9. The Morgan fingerprint density at radius 1 is 0.886 bits per heavy atom. The lowest BCUT2D eigenvalue weighted by Crippen LogP contribution is -2.51. The molecule has 3 aromatic carbocycles. The maximum Gasteiger partial charge on any atom is 0.255 e. The number of anilines is 1. The second kappa shape index (κ2) is 10.2. The molecule has 1 aliphatic heterocycles. The summed E-state index contributed by atoms with van der Waals surface area (Å²) in [5.41, 5.74) is 9.27. The molecule has 0 aromatic heterocycles. The Bertz CT molecular complexity index is 1200. The summed E-state index contributed by atoms with van der Waals surface area (Å²) in [5.74, 6) is 0.966. The Morgan fingerprint density at radius 2 is 1.63 bits per heavy atom. The number of fused-ring (bicyclic) bond motifs is 1. The fraction of sp³-hybridized carbons (Fsp3) is 0.286. The summed E-state index contributed by atoms with van der Waals surface area (Å²) < 4.78 is 10.7. The topological polar surface area (TPSA) is 93.9 Å². The summed E-state index contributed by atoms with van der Waals surface area (Å²) in [6.45, 7) is 0.625. The highest BCUT2D eigenvalue weighted by molar-refractivity contribution is 6.04. The molecule has 2 aliphatic rings. The van der Waals surface area contributed by atoms with Crippen LogP contribution in [0.4, 0.5) is 5.69 Å². The van der Waals surface area contributed by atoms with E-state index in [1.54, 1.807) is 18.2 Å². The Hall–Kier alpha value is -3.84. The molecule has 180 valence electrons. The molecule has 3 N–H and O–H groups in total. The van der Waals surface area contributed by atoms with Crippen molar-refractivity contribution in [3.05, 3.63) is 89.5 Å². The van der Waals surface area contributed by atoms with Gasteiger partial charge < -0.3 is 25.4 Å². The summed E-state index contributed by atoms with van der Waals surface area (Å²) >= 11 is 0. The highest BCUT2D eigenvalue weighted by atomic mass is 16.7. The van der Waals surface area contributed by atoms with Crippen molar-refractivity contribution in [2.45, 2.75) is 44.3 Å². The van der Waals surface area contributed by atoms with Crippen molar-refractivity contribution in [3.63, 3.8) is 0 Å². The molecular weight excluding hydrogens is 442 g/mol. The molecule has 7 heteroatoms. The number of rotatable bonds is 6. The zero-order chi connectivity index (χ0) is 24.2. The molecule has 0 saturated heterocycles. The Balaban J connectivity index is 1.30. The first-order valence-corrected chi connectivity index (χ1v) is 12.0. The third-order valence-electron chi connectivity index (χ3n) is 6.66. The lowest BCUT2D eigenvalue weighted by Gasteiger charge is -2.38. The minimum atomic E-state index is -0.231. The van der Waals surface area contributed by atoms with Gasteiger partial charge in [-0.3, -0.25) is 9.59 Å². The highest BCUT2D eigenvalue weighted by Crippen LogP contribution is 2.32. The van der Waals surface area contributed by atoms with Crippen LogP contribution in [0.15, 0.2) is 72.8 Å². The van der Waals surface area contributed by atoms with Crippen molar-refractivity contribution in [1.82, 2.24) is 4.90 Å². The lowest BCUT2D eigenvalue weighted by molar-refractivity contribution is 0.0583. The SMILES string of the molecule is NC1CCCCC1N(Cc1ccc(NC(=O)c2ccc3c(c2)OCO3)cc1)C(=O)c1ccccc1. The number of nitrogens with two attached hydrogens (primary N) is 1. The third kappa shape index (κ3) is 5.15. The second-order valence-electron chi connectivity index (χ2n) is 9.03. The van der Waals surface area contributed by atoms with Gasteiger partial charge in [-0.1, -0.05) is 43.2 Å². The largest absolute Gasteiger partial charge is 0.454 e. The average molecular weight is 472 g/mol. The van der Waals surface area contributed by atoms with Crippen LogP contribution in [0.2, 0.25) is 0 Å². The molecule has 1 saturated carbocycles. The number of hydrogen-bond donors (Lipinski definition) is 2. The predicted octanol–water partition coefficient (Wildman–Crippen LogP) is 4.58. The Kier molecular flexibility index (Phi) is 6.68. The number of nitrogens with one attached hydrogen (secondary N) is 1. The van der Waals surface area contributed by atoms with Crippen molar-refractivity contribution in [2.24, 2.45) is 5.73 Å². The molecule has 0 bridgehead atoms. The maximum absolute atomic E-state index is 13.4. The molecule has 2 amide bonds. The van der Waals surface area contributed by atoms with E-state index in [-0.39, 0.29) is 30.7 Å². The fourth-order valence-electron chi connectivity index (χ4n) is 4.74. The van der Waals surface area contributed by atoms with E-state index in [1.807, 2.05) is 59.5 Å². The Labute approximate surface area is 204 Å². The van der Waals surface area contributed by atoms with Crippen LogP contribution in [0, 0.1) is 0 Å². The minimum absolute atomic E-state index is 0.00171.